The smallest absolute Gasteiger partial charge is 0.272 e. The van der Waals surface area contributed by atoms with E-state index in [0.717, 1.165) is 23.0 Å². The summed E-state index contributed by atoms with van der Waals surface area (Å²) in [6, 6.07) is 10.6. The van der Waals surface area contributed by atoms with Gasteiger partial charge in [-0.1, -0.05) is 18.2 Å². The zero-order chi connectivity index (χ0) is 17.3. The molecule has 1 heterocycles. The van der Waals surface area contributed by atoms with Crippen molar-refractivity contribution in [3.63, 3.8) is 0 Å². The van der Waals surface area contributed by atoms with E-state index >= 15 is 0 Å². The van der Waals surface area contributed by atoms with Crippen LogP contribution in [0.15, 0.2) is 42.5 Å². The first kappa shape index (κ1) is 15.7. The Morgan fingerprint density at radius 2 is 1.58 bits per heavy atom. The number of benzene rings is 2. The van der Waals surface area contributed by atoms with Crippen molar-refractivity contribution in [2.75, 3.05) is 10.6 Å². The number of carbonyl (C=O) groups is 2. The van der Waals surface area contributed by atoms with Crippen LogP contribution in [0.4, 0.5) is 20.2 Å². The Bertz CT molecular complexity index is 917. The van der Waals surface area contributed by atoms with Crippen LogP contribution in [-0.4, -0.2) is 16.8 Å². The third-order valence-corrected chi connectivity index (χ3v) is 3.39. The lowest BCUT2D eigenvalue weighted by Gasteiger charge is -2.11. The molecule has 0 saturated heterocycles. The van der Waals surface area contributed by atoms with Crippen LogP contribution in [0.5, 0.6) is 0 Å². The number of amides is 2. The van der Waals surface area contributed by atoms with Gasteiger partial charge in [0.15, 0.2) is 11.6 Å². The predicted molar refractivity (Wildman–Crippen MR) is 86.9 cm³/mol. The molecule has 2 aromatic carbocycles. The standard InChI is InChI=1S/C17H13F2N3O2/c1-9(23)20-14-7-11(18)12(19)8-15(14)22-17(24)16-6-10-4-2-3-5-13(10)21-16/h2-8,21H,1H3,(H,20,23)(H,22,24). The molecule has 0 atom stereocenters. The molecule has 0 unspecified atom stereocenters. The van der Waals surface area contributed by atoms with Crippen LogP contribution in [0.1, 0.15) is 17.4 Å². The zero-order valence-corrected chi connectivity index (χ0v) is 12.6. The van der Waals surface area contributed by atoms with E-state index in [4.69, 9.17) is 0 Å². The topological polar surface area (TPSA) is 74.0 Å². The maximum atomic E-state index is 13.5. The summed E-state index contributed by atoms with van der Waals surface area (Å²) in [7, 11) is 0. The van der Waals surface area contributed by atoms with E-state index in [1.54, 1.807) is 6.07 Å². The quantitative estimate of drug-likeness (QED) is 0.686. The lowest BCUT2D eigenvalue weighted by molar-refractivity contribution is -0.114. The first-order valence-electron chi connectivity index (χ1n) is 7.10. The number of aromatic amines is 1. The van der Waals surface area contributed by atoms with Crippen molar-refractivity contribution in [1.29, 1.82) is 0 Å². The number of hydrogen-bond donors (Lipinski definition) is 3. The van der Waals surface area contributed by atoms with Gasteiger partial charge in [-0.3, -0.25) is 9.59 Å². The fraction of sp³-hybridized carbons (Fsp3) is 0.0588. The number of carbonyl (C=O) groups excluding carboxylic acids is 2. The van der Waals surface area contributed by atoms with Gasteiger partial charge in [-0.05, 0) is 12.1 Å². The predicted octanol–water partition coefficient (Wildman–Crippen LogP) is 3.66. The molecule has 7 heteroatoms. The van der Waals surface area contributed by atoms with Crippen LogP contribution >= 0.6 is 0 Å². The Labute approximate surface area is 135 Å². The molecule has 0 saturated carbocycles. The molecule has 5 nitrogen and oxygen atoms in total. The van der Waals surface area contributed by atoms with Crippen molar-refractivity contribution < 1.29 is 18.4 Å². The third kappa shape index (κ3) is 3.10. The Morgan fingerprint density at radius 1 is 0.958 bits per heavy atom. The Kier molecular flexibility index (Phi) is 3.99. The van der Waals surface area contributed by atoms with Crippen molar-refractivity contribution in [3.8, 4) is 0 Å². The molecular formula is C17H13F2N3O2. The van der Waals surface area contributed by atoms with Gasteiger partial charge in [-0.15, -0.1) is 0 Å². The maximum absolute atomic E-state index is 13.5. The minimum atomic E-state index is -1.13. The molecule has 24 heavy (non-hydrogen) atoms. The summed E-state index contributed by atoms with van der Waals surface area (Å²) in [6.45, 7) is 1.23. The summed E-state index contributed by atoms with van der Waals surface area (Å²) in [5.74, 6) is -3.26. The first-order valence-corrected chi connectivity index (χ1v) is 7.10. The van der Waals surface area contributed by atoms with E-state index in [1.807, 2.05) is 24.3 Å². The van der Waals surface area contributed by atoms with Gasteiger partial charge in [0.2, 0.25) is 5.91 Å². The van der Waals surface area contributed by atoms with Gasteiger partial charge in [0.1, 0.15) is 5.69 Å². The number of H-pyrrole nitrogens is 1. The van der Waals surface area contributed by atoms with Crippen molar-refractivity contribution in [2.24, 2.45) is 0 Å². The molecule has 0 radical (unpaired) electrons. The van der Waals surface area contributed by atoms with Crippen molar-refractivity contribution in [2.45, 2.75) is 6.92 Å². The average Bonchev–Trinajstić information content (AvgIpc) is 2.96. The van der Waals surface area contributed by atoms with Crippen LogP contribution in [0.3, 0.4) is 0 Å². The monoisotopic (exact) mass is 329 g/mol. The SMILES string of the molecule is CC(=O)Nc1cc(F)c(F)cc1NC(=O)c1cc2ccccc2[nH]1. The summed E-state index contributed by atoms with van der Waals surface area (Å²) in [5, 5.41) is 5.67. The van der Waals surface area contributed by atoms with E-state index in [-0.39, 0.29) is 17.1 Å². The van der Waals surface area contributed by atoms with E-state index in [9.17, 15) is 18.4 Å². The maximum Gasteiger partial charge on any atom is 0.272 e. The van der Waals surface area contributed by atoms with Crippen molar-refractivity contribution in [3.05, 3.63) is 59.8 Å². The zero-order valence-electron chi connectivity index (χ0n) is 12.6. The fourth-order valence-corrected chi connectivity index (χ4v) is 2.33. The molecule has 0 spiro atoms. The van der Waals surface area contributed by atoms with Gasteiger partial charge in [0, 0.05) is 30.0 Å². The number of anilines is 2. The van der Waals surface area contributed by atoms with Gasteiger partial charge in [-0.25, -0.2) is 8.78 Å². The number of nitrogens with one attached hydrogen (secondary N) is 3. The third-order valence-electron chi connectivity index (χ3n) is 3.39. The molecular weight excluding hydrogens is 316 g/mol. The Hall–Kier alpha value is -3.22. The summed E-state index contributed by atoms with van der Waals surface area (Å²) in [5.41, 5.74) is 0.975. The van der Waals surface area contributed by atoms with E-state index in [1.165, 1.54) is 6.92 Å². The highest BCUT2D eigenvalue weighted by molar-refractivity contribution is 6.08. The summed E-state index contributed by atoms with van der Waals surface area (Å²) in [6.07, 6.45) is 0. The Balaban J connectivity index is 1.93. The number of hydrogen-bond acceptors (Lipinski definition) is 2. The molecule has 3 N–H and O–H groups in total. The van der Waals surface area contributed by atoms with Crippen LogP contribution in [0.2, 0.25) is 0 Å². The number of aromatic nitrogens is 1. The molecule has 3 aromatic rings. The van der Waals surface area contributed by atoms with Gasteiger partial charge < -0.3 is 15.6 Å². The molecule has 122 valence electrons. The molecule has 2 amide bonds. The van der Waals surface area contributed by atoms with Crippen molar-refractivity contribution in [1.82, 2.24) is 4.98 Å². The molecule has 0 aliphatic rings. The molecule has 3 rings (SSSR count). The summed E-state index contributed by atoms with van der Waals surface area (Å²) >= 11 is 0. The molecule has 0 fully saturated rings. The highest BCUT2D eigenvalue weighted by Crippen LogP contribution is 2.26. The average molecular weight is 329 g/mol. The fourth-order valence-electron chi connectivity index (χ4n) is 2.33. The van der Waals surface area contributed by atoms with E-state index in [2.05, 4.69) is 15.6 Å². The molecule has 1 aromatic heterocycles. The van der Waals surface area contributed by atoms with Gasteiger partial charge >= 0.3 is 0 Å². The van der Waals surface area contributed by atoms with Crippen LogP contribution in [0, 0.1) is 11.6 Å². The molecule has 0 aliphatic carbocycles. The number of fused-ring (bicyclic) bond motifs is 1. The normalized spacial score (nSPS) is 10.6. The number of para-hydroxylation sites is 1. The van der Waals surface area contributed by atoms with Crippen LogP contribution in [-0.2, 0) is 4.79 Å². The number of rotatable bonds is 3. The second-order valence-electron chi connectivity index (χ2n) is 5.22. The second-order valence-corrected chi connectivity index (χ2v) is 5.22. The summed E-state index contributed by atoms with van der Waals surface area (Å²) in [4.78, 5) is 26.5. The van der Waals surface area contributed by atoms with E-state index < -0.39 is 23.4 Å². The van der Waals surface area contributed by atoms with E-state index in [0.29, 0.717) is 0 Å². The highest BCUT2D eigenvalue weighted by atomic mass is 19.2. The minimum absolute atomic E-state index is 0.0224. The molecule has 0 aliphatic heterocycles. The van der Waals surface area contributed by atoms with Gasteiger partial charge in [0.25, 0.3) is 5.91 Å². The largest absolute Gasteiger partial charge is 0.351 e. The van der Waals surface area contributed by atoms with Gasteiger partial charge in [-0.2, -0.15) is 0 Å². The molecule has 0 bridgehead atoms. The first-order chi connectivity index (χ1) is 11.4. The van der Waals surface area contributed by atoms with Crippen LogP contribution < -0.4 is 10.6 Å². The second kappa shape index (κ2) is 6.11. The lowest BCUT2D eigenvalue weighted by atomic mass is 10.2. The van der Waals surface area contributed by atoms with Crippen LogP contribution in [0.25, 0.3) is 10.9 Å². The highest BCUT2D eigenvalue weighted by Gasteiger charge is 2.15. The summed E-state index contributed by atoms with van der Waals surface area (Å²) < 4.78 is 26.8. The lowest BCUT2D eigenvalue weighted by Crippen LogP contribution is -2.16. The van der Waals surface area contributed by atoms with Crippen molar-refractivity contribution >= 4 is 34.1 Å². The number of halogens is 2. The van der Waals surface area contributed by atoms with Gasteiger partial charge in [0.05, 0.1) is 11.4 Å². The Morgan fingerprint density at radius 3 is 2.21 bits per heavy atom. The minimum Gasteiger partial charge on any atom is -0.351 e.